The third-order valence-corrected chi connectivity index (χ3v) is 5.67. The van der Waals surface area contributed by atoms with Gasteiger partial charge in [-0.3, -0.25) is 0 Å². The summed E-state index contributed by atoms with van der Waals surface area (Å²) in [6, 6.07) is 3.66. The van der Waals surface area contributed by atoms with Gasteiger partial charge in [0.15, 0.2) is 11.5 Å². The molecule has 1 N–H and O–H groups in total. The first-order valence-electron chi connectivity index (χ1n) is 7.72. The lowest BCUT2D eigenvalue weighted by Crippen LogP contribution is -2.14. The number of rotatable bonds is 5. The Morgan fingerprint density at radius 3 is 2.62 bits per heavy atom. The van der Waals surface area contributed by atoms with Crippen LogP contribution in [-0.4, -0.2) is 19.3 Å². The number of methoxy groups -OCH3 is 2. The predicted octanol–water partition coefficient (Wildman–Crippen LogP) is 4.22. The van der Waals surface area contributed by atoms with Gasteiger partial charge in [0.2, 0.25) is 0 Å². The van der Waals surface area contributed by atoms with Gasteiger partial charge in [-0.1, -0.05) is 24.1 Å². The molecule has 3 rings (SSSR count). The van der Waals surface area contributed by atoms with Crippen LogP contribution in [0.25, 0.3) is 0 Å². The molecular weight excluding hydrogens is 288 g/mol. The van der Waals surface area contributed by atoms with Crippen LogP contribution in [0.5, 0.6) is 11.5 Å². The highest BCUT2D eigenvalue weighted by Gasteiger charge is 2.40. The number of ether oxygens (including phenoxy) is 2. The van der Waals surface area contributed by atoms with Crippen LogP contribution in [0.2, 0.25) is 5.02 Å². The molecule has 1 aromatic carbocycles. The quantitative estimate of drug-likeness (QED) is 0.885. The Hall–Kier alpha value is -0.930. The van der Waals surface area contributed by atoms with E-state index in [1.165, 1.54) is 25.7 Å². The number of fused-ring (bicyclic) bond motifs is 2. The summed E-state index contributed by atoms with van der Waals surface area (Å²) in [5, 5.41) is 11.1. The fourth-order valence-electron chi connectivity index (χ4n) is 4.24. The summed E-state index contributed by atoms with van der Waals surface area (Å²) in [4.78, 5) is 0. The van der Waals surface area contributed by atoms with E-state index in [-0.39, 0.29) is 0 Å². The molecule has 116 valence electrons. The average molecular weight is 311 g/mol. The standard InChI is InChI=1S/C17H23ClO3/c1-20-15-6-5-13(16(18)17(15)21-2)14(19)9-12-8-10-3-4-11(12)7-10/h5-6,10-12,14,19H,3-4,7-9H2,1-2H3. The lowest BCUT2D eigenvalue weighted by atomic mass is 9.83. The molecule has 2 fully saturated rings. The number of aliphatic hydroxyl groups excluding tert-OH is 1. The highest BCUT2D eigenvalue weighted by Crippen LogP contribution is 2.51. The third kappa shape index (κ3) is 2.74. The molecule has 0 aromatic heterocycles. The molecule has 4 atom stereocenters. The first-order chi connectivity index (χ1) is 10.1. The summed E-state index contributed by atoms with van der Waals surface area (Å²) in [6.07, 6.45) is 5.62. The minimum absolute atomic E-state index is 0.465. The average Bonchev–Trinajstić information content (AvgIpc) is 3.09. The van der Waals surface area contributed by atoms with E-state index >= 15 is 0 Å². The summed E-state index contributed by atoms with van der Waals surface area (Å²) in [5.74, 6) is 3.45. The summed E-state index contributed by atoms with van der Waals surface area (Å²) in [5.41, 5.74) is 0.747. The van der Waals surface area contributed by atoms with E-state index in [1.54, 1.807) is 14.2 Å². The fraction of sp³-hybridized carbons (Fsp3) is 0.647. The second-order valence-corrected chi connectivity index (χ2v) is 6.77. The van der Waals surface area contributed by atoms with Gasteiger partial charge in [0.1, 0.15) is 0 Å². The fourth-order valence-corrected chi connectivity index (χ4v) is 4.60. The normalized spacial score (nSPS) is 28.7. The van der Waals surface area contributed by atoms with Gasteiger partial charge in [-0.25, -0.2) is 0 Å². The van der Waals surface area contributed by atoms with Gasteiger partial charge in [-0.15, -0.1) is 0 Å². The highest BCUT2D eigenvalue weighted by molar-refractivity contribution is 6.33. The summed E-state index contributed by atoms with van der Waals surface area (Å²) in [7, 11) is 3.15. The van der Waals surface area contributed by atoms with Crippen molar-refractivity contribution in [2.24, 2.45) is 17.8 Å². The van der Waals surface area contributed by atoms with Crippen LogP contribution in [0.15, 0.2) is 12.1 Å². The van der Waals surface area contributed by atoms with E-state index in [4.69, 9.17) is 21.1 Å². The Kier molecular flexibility index (Phi) is 4.32. The molecule has 2 aliphatic rings. The van der Waals surface area contributed by atoms with Crippen LogP contribution >= 0.6 is 11.6 Å². The topological polar surface area (TPSA) is 38.7 Å². The van der Waals surface area contributed by atoms with Crippen molar-refractivity contribution in [3.63, 3.8) is 0 Å². The van der Waals surface area contributed by atoms with E-state index < -0.39 is 6.10 Å². The molecule has 2 aliphatic carbocycles. The first kappa shape index (κ1) is 15.0. The number of hydrogen-bond donors (Lipinski definition) is 1. The van der Waals surface area contributed by atoms with E-state index in [0.29, 0.717) is 22.4 Å². The zero-order valence-corrected chi connectivity index (χ0v) is 13.4. The third-order valence-electron chi connectivity index (χ3n) is 5.28. The van der Waals surface area contributed by atoms with Crippen LogP contribution in [0, 0.1) is 17.8 Å². The largest absolute Gasteiger partial charge is 0.493 e. The van der Waals surface area contributed by atoms with Crippen LogP contribution in [0.1, 0.15) is 43.8 Å². The number of hydrogen-bond acceptors (Lipinski definition) is 3. The molecule has 3 nitrogen and oxygen atoms in total. The van der Waals surface area contributed by atoms with E-state index in [9.17, 15) is 5.11 Å². The monoisotopic (exact) mass is 310 g/mol. The molecule has 0 radical (unpaired) electrons. The highest BCUT2D eigenvalue weighted by atomic mass is 35.5. The predicted molar refractivity (Wildman–Crippen MR) is 83.1 cm³/mol. The molecule has 0 heterocycles. The second-order valence-electron chi connectivity index (χ2n) is 6.39. The van der Waals surface area contributed by atoms with Crippen molar-refractivity contribution in [1.82, 2.24) is 0 Å². The minimum Gasteiger partial charge on any atom is -0.493 e. The molecule has 0 saturated heterocycles. The van der Waals surface area contributed by atoms with Crippen molar-refractivity contribution in [3.8, 4) is 11.5 Å². The lowest BCUT2D eigenvalue weighted by Gasteiger charge is -2.25. The van der Waals surface area contributed by atoms with Crippen molar-refractivity contribution in [3.05, 3.63) is 22.7 Å². The van der Waals surface area contributed by atoms with E-state index in [2.05, 4.69) is 0 Å². The molecule has 2 saturated carbocycles. The van der Waals surface area contributed by atoms with Crippen LogP contribution in [0.4, 0.5) is 0 Å². The van der Waals surface area contributed by atoms with Gasteiger partial charge in [-0.05, 0) is 49.5 Å². The van der Waals surface area contributed by atoms with Crippen LogP contribution in [-0.2, 0) is 0 Å². The Bertz CT molecular complexity index is 517. The summed E-state index contributed by atoms with van der Waals surface area (Å²) >= 11 is 6.39. The maximum atomic E-state index is 10.6. The molecule has 2 bridgehead atoms. The SMILES string of the molecule is COc1ccc(C(O)CC2CC3CCC2C3)c(Cl)c1OC. The molecule has 4 heteroatoms. The number of benzene rings is 1. The minimum atomic E-state index is -0.526. The van der Waals surface area contributed by atoms with Crippen molar-refractivity contribution >= 4 is 11.6 Å². The van der Waals surface area contributed by atoms with Crippen LogP contribution < -0.4 is 9.47 Å². The lowest BCUT2D eigenvalue weighted by molar-refractivity contribution is 0.125. The zero-order valence-electron chi connectivity index (χ0n) is 12.6. The van der Waals surface area contributed by atoms with Crippen molar-refractivity contribution in [2.75, 3.05) is 14.2 Å². The maximum Gasteiger partial charge on any atom is 0.179 e. The zero-order chi connectivity index (χ0) is 15.0. The molecular formula is C17H23ClO3. The molecule has 1 aromatic rings. The van der Waals surface area contributed by atoms with Gasteiger partial charge < -0.3 is 14.6 Å². The van der Waals surface area contributed by atoms with Gasteiger partial charge in [0, 0.05) is 5.56 Å². The first-order valence-corrected chi connectivity index (χ1v) is 8.10. The summed E-state index contributed by atoms with van der Waals surface area (Å²) in [6.45, 7) is 0. The van der Waals surface area contributed by atoms with Crippen molar-refractivity contribution in [1.29, 1.82) is 0 Å². The second kappa shape index (κ2) is 6.05. The van der Waals surface area contributed by atoms with E-state index in [1.807, 2.05) is 12.1 Å². The summed E-state index contributed by atoms with van der Waals surface area (Å²) < 4.78 is 10.5. The Balaban J connectivity index is 1.76. The molecule has 0 amide bonds. The Morgan fingerprint density at radius 2 is 2.05 bits per heavy atom. The maximum absolute atomic E-state index is 10.6. The smallest absolute Gasteiger partial charge is 0.179 e. The number of halogens is 1. The van der Waals surface area contributed by atoms with Gasteiger partial charge >= 0.3 is 0 Å². The van der Waals surface area contributed by atoms with Crippen molar-refractivity contribution in [2.45, 2.75) is 38.2 Å². The van der Waals surface area contributed by atoms with Gasteiger partial charge in [-0.2, -0.15) is 0 Å². The Labute approximate surface area is 131 Å². The molecule has 0 aliphatic heterocycles. The van der Waals surface area contributed by atoms with Crippen molar-refractivity contribution < 1.29 is 14.6 Å². The molecule has 21 heavy (non-hydrogen) atoms. The Morgan fingerprint density at radius 1 is 1.24 bits per heavy atom. The van der Waals surface area contributed by atoms with Crippen LogP contribution in [0.3, 0.4) is 0 Å². The molecule has 0 spiro atoms. The van der Waals surface area contributed by atoms with E-state index in [0.717, 1.165) is 23.8 Å². The van der Waals surface area contributed by atoms with Gasteiger partial charge in [0.25, 0.3) is 0 Å². The number of aliphatic hydroxyl groups is 1. The van der Waals surface area contributed by atoms with Gasteiger partial charge in [0.05, 0.1) is 25.3 Å². The molecule has 4 unspecified atom stereocenters.